The van der Waals surface area contributed by atoms with Crippen LogP contribution in [0.4, 0.5) is 0 Å². The molecule has 0 N–H and O–H groups in total. The van der Waals surface area contributed by atoms with E-state index in [2.05, 4.69) is 95.0 Å². The van der Waals surface area contributed by atoms with Crippen LogP contribution in [0.5, 0.6) is 0 Å². The van der Waals surface area contributed by atoms with Crippen molar-refractivity contribution in [2.24, 2.45) is 28.2 Å². The van der Waals surface area contributed by atoms with Crippen molar-refractivity contribution in [3.63, 3.8) is 0 Å². The zero-order valence-electron chi connectivity index (χ0n) is 21.9. The van der Waals surface area contributed by atoms with Crippen LogP contribution < -0.4 is 9.13 Å². The zero-order valence-corrected chi connectivity index (χ0v) is 21.9. The van der Waals surface area contributed by atoms with Gasteiger partial charge in [-0.05, 0) is 37.1 Å². The molecule has 0 atom stereocenters. The van der Waals surface area contributed by atoms with E-state index in [0.717, 1.165) is 0 Å². The van der Waals surface area contributed by atoms with Crippen LogP contribution >= 0.6 is 0 Å². The van der Waals surface area contributed by atoms with Crippen LogP contribution in [0.15, 0.2) is 48.5 Å². The molecule has 0 radical (unpaired) electrons. The number of rotatable bonds is 13. The zero-order chi connectivity index (χ0) is 23.9. The van der Waals surface area contributed by atoms with Gasteiger partial charge in [0.05, 0.1) is 28.2 Å². The van der Waals surface area contributed by atoms with Crippen molar-refractivity contribution in [2.75, 3.05) is 0 Å². The van der Waals surface area contributed by atoms with Crippen molar-refractivity contribution in [3.8, 4) is 0 Å². The number of para-hydroxylation sites is 4. The van der Waals surface area contributed by atoms with E-state index in [1.807, 2.05) is 0 Å². The van der Waals surface area contributed by atoms with E-state index in [1.54, 1.807) is 0 Å². The largest absolute Gasteiger partial charge is 0.256 e. The molecule has 4 rings (SSSR count). The number of aromatic nitrogens is 4. The van der Waals surface area contributed by atoms with Crippen molar-refractivity contribution in [1.29, 1.82) is 0 Å². The second-order valence-corrected chi connectivity index (χ2v) is 10.1. The minimum atomic E-state index is 1.18. The highest BCUT2D eigenvalue weighted by Crippen LogP contribution is 2.17. The highest BCUT2D eigenvalue weighted by Gasteiger charge is 2.19. The third-order valence-electron chi connectivity index (χ3n) is 7.81. The van der Waals surface area contributed by atoms with Gasteiger partial charge in [0.15, 0.2) is 22.1 Å². The minimum absolute atomic E-state index is 1.18. The third-order valence-corrected chi connectivity index (χ3v) is 7.81. The molecule has 4 nitrogen and oxygen atoms in total. The summed E-state index contributed by atoms with van der Waals surface area (Å²) < 4.78 is 9.48. The van der Waals surface area contributed by atoms with Crippen LogP contribution in [0.25, 0.3) is 22.1 Å². The number of hydrogen-bond donors (Lipinski definition) is 0. The number of fused-ring (bicyclic) bond motifs is 2. The summed E-state index contributed by atoms with van der Waals surface area (Å²) in [6.45, 7) is 0. The summed E-state index contributed by atoms with van der Waals surface area (Å²) in [6, 6.07) is 17.4. The Labute approximate surface area is 205 Å². The summed E-state index contributed by atoms with van der Waals surface area (Å²) in [7, 11) is 8.83. The monoisotopic (exact) mass is 460 g/mol. The lowest BCUT2D eigenvalue weighted by Gasteiger charge is -2.03. The second kappa shape index (κ2) is 11.7. The fraction of sp³-hybridized carbons (Fsp3) is 0.533. The number of unbranched alkanes of at least 4 members (excludes halogenated alkanes) is 9. The van der Waals surface area contributed by atoms with Crippen LogP contribution in [0.1, 0.15) is 75.9 Å². The normalized spacial score (nSPS) is 11.8. The SMILES string of the molecule is Cn1c(CCCCCCCCCCCCc2n(C)c3ccccc3[n+]2C)[n+](C)c2ccccc21. The van der Waals surface area contributed by atoms with Gasteiger partial charge in [-0.2, -0.15) is 0 Å². The first-order valence-electron chi connectivity index (χ1n) is 13.4. The van der Waals surface area contributed by atoms with Crippen molar-refractivity contribution in [2.45, 2.75) is 77.0 Å². The molecule has 0 unspecified atom stereocenters. The van der Waals surface area contributed by atoms with Gasteiger partial charge in [0.2, 0.25) is 0 Å². The van der Waals surface area contributed by atoms with Crippen molar-refractivity contribution in [1.82, 2.24) is 9.13 Å². The number of imidazole rings is 2. The first-order valence-corrected chi connectivity index (χ1v) is 13.4. The molecule has 0 amide bonds. The van der Waals surface area contributed by atoms with E-state index in [9.17, 15) is 0 Å². The fourth-order valence-corrected chi connectivity index (χ4v) is 5.72. The number of nitrogens with zero attached hydrogens (tertiary/aromatic N) is 4. The number of benzene rings is 2. The average molecular weight is 461 g/mol. The van der Waals surface area contributed by atoms with Gasteiger partial charge >= 0.3 is 0 Å². The molecule has 0 saturated carbocycles. The maximum atomic E-state index is 2.37. The highest BCUT2D eigenvalue weighted by molar-refractivity contribution is 5.72. The standard InChI is InChI=1S/C30H44N4/c1-31-25-19-15-16-20-26(25)32(2)29(31)23-13-11-9-7-5-6-8-10-12-14-24-30-33(3)27-21-17-18-22-28(27)34(30)4/h15-22H,5-14,23-24H2,1-4H3/q+2. The van der Waals surface area contributed by atoms with E-state index in [0.29, 0.717) is 0 Å². The molecule has 4 aromatic rings. The van der Waals surface area contributed by atoms with E-state index in [1.165, 1.54) is 111 Å². The molecule has 0 aliphatic rings. The highest BCUT2D eigenvalue weighted by atomic mass is 15.1. The lowest BCUT2D eigenvalue weighted by atomic mass is 10.0. The molecule has 0 fully saturated rings. The first-order chi connectivity index (χ1) is 16.6. The van der Waals surface area contributed by atoms with E-state index in [-0.39, 0.29) is 0 Å². The number of aryl methyl sites for hydroxylation is 4. The van der Waals surface area contributed by atoms with Gasteiger partial charge in [-0.15, -0.1) is 0 Å². The Morgan fingerprint density at radius 2 is 0.824 bits per heavy atom. The fourth-order valence-electron chi connectivity index (χ4n) is 5.72. The summed E-state index contributed by atoms with van der Waals surface area (Å²) in [6.07, 6.45) is 16.0. The molecule has 2 aromatic heterocycles. The minimum Gasteiger partial charge on any atom is -0.230 e. The van der Waals surface area contributed by atoms with Gasteiger partial charge in [0.25, 0.3) is 11.6 Å². The van der Waals surface area contributed by atoms with Crippen molar-refractivity contribution >= 4 is 22.1 Å². The quantitative estimate of drug-likeness (QED) is 0.172. The van der Waals surface area contributed by atoms with Crippen LogP contribution in [0.2, 0.25) is 0 Å². The Bertz CT molecular complexity index is 1040. The summed E-state index contributed by atoms with van der Waals surface area (Å²) in [5.41, 5.74) is 5.36. The topological polar surface area (TPSA) is 17.6 Å². The molecular weight excluding hydrogens is 416 g/mol. The van der Waals surface area contributed by atoms with Gasteiger partial charge < -0.3 is 0 Å². The summed E-state index contributed by atoms with van der Waals surface area (Å²) >= 11 is 0. The van der Waals surface area contributed by atoms with Gasteiger partial charge in [0.1, 0.15) is 0 Å². The molecule has 2 aromatic carbocycles. The second-order valence-electron chi connectivity index (χ2n) is 10.1. The molecule has 0 spiro atoms. The van der Waals surface area contributed by atoms with Crippen molar-refractivity contribution in [3.05, 3.63) is 60.2 Å². The lowest BCUT2D eigenvalue weighted by molar-refractivity contribution is -0.654. The molecular formula is C30H44N4+2. The number of hydrogen-bond acceptors (Lipinski definition) is 0. The molecule has 0 saturated heterocycles. The molecule has 182 valence electrons. The summed E-state index contributed by atoms with van der Waals surface area (Å²) in [5.74, 6) is 2.89. The van der Waals surface area contributed by atoms with Gasteiger partial charge in [0, 0.05) is 12.8 Å². The maximum absolute atomic E-state index is 2.37. The third kappa shape index (κ3) is 5.37. The molecule has 0 bridgehead atoms. The smallest absolute Gasteiger partial charge is 0.230 e. The predicted molar refractivity (Wildman–Crippen MR) is 142 cm³/mol. The van der Waals surface area contributed by atoms with Crippen LogP contribution in [-0.2, 0) is 41.0 Å². The van der Waals surface area contributed by atoms with E-state index >= 15 is 0 Å². The predicted octanol–water partition coefficient (Wildman–Crippen LogP) is 6.01. The Morgan fingerprint density at radius 1 is 0.500 bits per heavy atom. The van der Waals surface area contributed by atoms with E-state index < -0.39 is 0 Å². The average Bonchev–Trinajstić information content (AvgIpc) is 3.25. The van der Waals surface area contributed by atoms with Crippen LogP contribution in [-0.4, -0.2) is 9.13 Å². The van der Waals surface area contributed by atoms with Crippen LogP contribution in [0, 0.1) is 0 Å². The first kappa shape index (κ1) is 24.5. The Morgan fingerprint density at radius 3 is 1.18 bits per heavy atom. The molecule has 0 aliphatic carbocycles. The van der Waals surface area contributed by atoms with Gasteiger partial charge in [-0.1, -0.05) is 75.6 Å². The molecule has 4 heteroatoms. The Hall–Kier alpha value is -2.62. The lowest BCUT2D eigenvalue weighted by Crippen LogP contribution is -2.32. The molecule has 34 heavy (non-hydrogen) atoms. The van der Waals surface area contributed by atoms with Crippen molar-refractivity contribution < 1.29 is 9.13 Å². The van der Waals surface area contributed by atoms with Gasteiger partial charge in [-0.3, -0.25) is 0 Å². The summed E-state index contributed by atoms with van der Waals surface area (Å²) in [5, 5.41) is 0. The molecule has 2 heterocycles. The Kier molecular flexibility index (Phi) is 8.42. The maximum Gasteiger partial charge on any atom is 0.256 e. The van der Waals surface area contributed by atoms with Gasteiger partial charge in [-0.25, -0.2) is 18.3 Å². The Balaban J connectivity index is 1.05. The summed E-state index contributed by atoms with van der Waals surface area (Å²) in [4.78, 5) is 0. The van der Waals surface area contributed by atoms with E-state index in [4.69, 9.17) is 0 Å². The molecule has 0 aliphatic heterocycles. The van der Waals surface area contributed by atoms with Crippen LogP contribution in [0.3, 0.4) is 0 Å².